The van der Waals surface area contributed by atoms with Gasteiger partial charge in [-0.25, -0.2) is 0 Å². The molecule has 1 N–H and O–H groups in total. The minimum atomic E-state index is -0.109. The van der Waals surface area contributed by atoms with Crippen molar-refractivity contribution in [3.63, 3.8) is 0 Å². The quantitative estimate of drug-likeness (QED) is 0.592. The zero-order chi connectivity index (χ0) is 23.9. The third-order valence-corrected chi connectivity index (χ3v) is 8.93. The second-order valence-electron chi connectivity index (χ2n) is 9.99. The first-order valence-electron chi connectivity index (χ1n) is 13.2. The number of amides is 1. The fraction of sp³-hybridized carbons (Fsp3) is 0.571. The molecule has 3 aliphatic rings. The van der Waals surface area contributed by atoms with Crippen molar-refractivity contribution in [3.8, 4) is 0 Å². The van der Waals surface area contributed by atoms with Gasteiger partial charge in [0.15, 0.2) is 0 Å². The van der Waals surface area contributed by atoms with Crippen LogP contribution in [0.3, 0.4) is 0 Å². The Labute approximate surface area is 213 Å². The maximum Gasteiger partial charge on any atom is 0.240 e. The summed E-state index contributed by atoms with van der Waals surface area (Å²) < 4.78 is 6.54. The minimum absolute atomic E-state index is 0.109. The summed E-state index contributed by atoms with van der Waals surface area (Å²) in [5.74, 6) is 1.68. The van der Waals surface area contributed by atoms with Gasteiger partial charge in [0.2, 0.25) is 5.91 Å². The maximum absolute atomic E-state index is 13.1. The Morgan fingerprint density at radius 1 is 1.06 bits per heavy atom. The van der Waals surface area contributed by atoms with Crippen molar-refractivity contribution in [3.05, 3.63) is 66.0 Å². The van der Waals surface area contributed by atoms with E-state index in [0.717, 1.165) is 50.6 Å². The second-order valence-corrected chi connectivity index (χ2v) is 11.1. The smallest absolute Gasteiger partial charge is 0.240 e. The number of ether oxygens (including phenoxy) is 1. The van der Waals surface area contributed by atoms with Gasteiger partial charge in [-0.05, 0) is 36.0 Å². The number of hydrogen-bond donors (Lipinski definition) is 1. The first-order chi connectivity index (χ1) is 17.3. The van der Waals surface area contributed by atoms with Crippen molar-refractivity contribution in [2.24, 2.45) is 5.92 Å². The Bertz CT molecular complexity index is 917. The summed E-state index contributed by atoms with van der Waals surface area (Å²) in [6.45, 7) is 5.10. The highest BCUT2D eigenvalue weighted by atomic mass is 32.2. The van der Waals surface area contributed by atoms with Gasteiger partial charge in [-0.1, -0.05) is 55.7 Å². The third kappa shape index (κ3) is 6.45. The van der Waals surface area contributed by atoms with Gasteiger partial charge in [-0.3, -0.25) is 20.0 Å². The molecule has 3 heterocycles. The molecule has 7 heteroatoms. The fourth-order valence-electron chi connectivity index (χ4n) is 5.64. The van der Waals surface area contributed by atoms with Crippen LogP contribution in [0.2, 0.25) is 0 Å². The van der Waals surface area contributed by atoms with Gasteiger partial charge in [0.1, 0.15) is 0 Å². The predicted octanol–water partition coefficient (Wildman–Crippen LogP) is 4.27. The molecule has 6 nitrogen and oxygen atoms in total. The lowest BCUT2D eigenvalue weighted by molar-refractivity contribution is -0.134. The average molecular weight is 495 g/mol. The van der Waals surface area contributed by atoms with Crippen molar-refractivity contribution < 1.29 is 9.53 Å². The molecule has 1 saturated carbocycles. The van der Waals surface area contributed by atoms with Crippen LogP contribution in [0.1, 0.15) is 54.7 Å². The number of nitrogens with one attached hydrogen (secondary N) is 1. The minimum Gasteiger partial charge on any atom is -0.372 e. The van der Waals surface area contributed by atoms with Crippen LogP contribution in [-0.4, -0.2) is 71.8 Å². The van der Waals surface area contributed by atoms with E-state index in [1.54, 1.807) is 18.0 Å². The summed E-state index contributed by atoms with van der Waals surface area (Å²) in [4.78, 5) is 21.8. The number of piperazine rings is 1. The van der Waals surface area contributed by atoms with Gasteiger partial charge in [0.05, 0.1) is 24.1 Å². The number of carbonyl (C=O) groups is 1. The van der Waals surface area contributed by atoms with Crippen LogP contribution in [0.15, 0.2) is 54.9 Å². The van der Waals surface area contributed by atoms with Crippen molar-refractivity contribution in [1.82, 2.24) is 20.1 Å². The molecular formula is C28H38N4O2S. The Balaban J connectivity index is 1.06. The van der Waals surface area contributed by atoms with Crippen molar-refractivity contribution in [2.45, 2.75) is 49.6 Å². The molecular weight excluding hydrogens is 456 g/mol. The van der Waals surface area contributed by atoms with E-state index in [9.17, 15) is 4.79 Å². The van der Waals surface area contributed by atoms with E-state index in [1.165, 1.54) is 37.7 Å². The number of hydrogen-bond acceptors (Lipinski definition) is 6. The summed E-state index contributed by atoms with van der Waals surface area (Å²) in [5, 5.41) is 3.66. The third-order valence-electron chi connectivity index (χ3n) is 7.66. The lowest BCUT2D eigenvalue weighted by Crippen LogP contribution is -2.54. The molecule has 5 rings (SSSR count). The molecule has 1 aromatic carbocycles. The van der Waals surface area contributed by atoms with Gasteiger partial charge in [-0.15, -0.1) is 11.8 Å². The molecule has 1 aliphatic carbocycles. The zero-order valence-electron chi connectivity index (χ0n) is 20.6. The summed E-state index contributed by atoms with van der Waals surface area (Å²) in [6.07, 6.45) is 10.4. The fourth-order valence-corrected chi connectivity index (χ4v) is 6.86. The normalized spacial score (nSPS) is 25.0. The van der Waals surface area contributed by atoms with Gasteiger partial charge in [-0.2, -0.15) is 0 Å². The molecule has 3 fully saturated rings. The Morgan fingerprint density at radius 2 is 1.86 bits per heavy atom. The number of thioether (sulfide) groups is 1. The SMILES string of the molecule is O=C(C1CSC(c2cccnc2)N1)N1CCN(CCOC(c2ccccc2)C2CCCCC2)CC1. The second kappa shape index (κ2) is 12.3. The van der Waals surface area contributed by atoms with Crippen LogP contribution in [-0.2, 0) is 9.53 Å². The van der Waals surface area contributed by atoms with Crippen LogP contribution in [0.5, 0.6) is 0 Å². The van der Waals surface area contributed by atoms with E-state index in [0.29, 0.717) is 5.92 Å². The van der Waals surface area contributed by atoms with Gasteiger partial charge in [0.25, 0.3) is 0 Å². The summed E-state index contributed by atoms with van der Waals surface area (Å²) >= 11 is 1.79. The molecule has 2 aromatic rings. The van der Waals surface area contributed by atoms with Gasteiger partial charge >= 0.3 is 0 Å². The van der Waals surface area contributed by atoms with Crippen molar-refractivity contribution in [2.75, 3.05) is 45.1 Å². The summed E-state index contributed by atoms with van der Waals surface area (Å²) in [7, 11) is 0. The Kier molecular flexibility index (Phi) is 8.73. The molecule has 0 spiro atoms. The topological polar surface area (TPSA) is 57.7 Å². The molecule has 2 saturated heterocycles. The first-order valence-corrected chi connectivity index (χ1v) is 14.3. The first kappa shape index (κ1) is 24.8. The Morgan fingerprint density at radius 3 is 2.60 bits per heavy atom. The van der Waals surface area contributed by atoms with Crippen LogP contribution >= 0.6 is 11.8 Å². The molecule has 2 aliphatic heterocycles. The lowest BCUT2D eigenvalue weighted by atomic mass is 9.82. The number of carbonyl (C=O) groups excluding carboxylic acids is 1. The van der Waals surface area contributed by atoms with E-state index in [-0.39, 0.29) is 23.4 Å². The number of pyridine rings is 1. The number of nitrogens with zero attached hydrogens (tertiary/aromatic N) is 3. The molecule has 35 heavy (non-hydrogen) atoms. The van der Waals surface area contributed by atoms with Gasteiger partial charge < -0.3 is 9.64 Å². The molecule has 0 bridgehead atoms. The predicted molar refractivity (Wildman–Crippen MR) is 141 cm³/mol. The van der Waals surface area contributed by atoms with Crippen molar-refractivity contribution in [1.29, 1.82) is 0 Å². The van der Waals surface area contributed by atoms with Crippen molar-refractivity contribution >= 4 is 17.7 Å². The van der Waals surface area contributed by atoms with E-state index in [4.69, 9.17) is 4.74 Å². The summed E-state index contributed by atoms with van der Waals surface area (Å²) in [6, 6.07) is 14.7. The molecule has 3 atom stereocenters. The maximum atomic E-state index is 13.1. The number of benzene rings is 1. The van der Waals surface area contributed by atoms with Crippen LogP contribution < -0.4 is 5.32 Å². The van der Waals surface area contributed by atoms with E-state index in [2.05, 4.69) is 51.6 Å². The zero-order valence-corrected chi connectivity index (χ0v) is 21.4. The standard InChI is InChI=1S/C28H38N4O2S/c33-28(25-21-35-27(30-25)24-12-7-13-29-20-24)32-16-14-31(15-17-32)18-19-34-26(22-8-3-1-4-9-22)23-10-5-2-6-11-23/h1,3-4,7-9,12-13,20,23,25-27,30H,2,5-6,10-11,14-19,21H2. The number of aromatic nitrogens is 1. The van der Waals surface area contributed by atoms with E-state index < -0.39 is 0 Å². The highest BCUT2D eigenvalue weighted by molar-refractivity contribution is 7.99. The monoisotopic (exact) mass is 494 g/mol. The summed E-state index contributed by atoms with van der Waals surface area (Å²) in [5.41, 5.74) is 2.46. The van der Waals surface area contributed by atoms with Gasteiger partial charge in [0, 0.05) is 50.9 Å². The van der Waals surface area contributed by atoms with E-state index in [1.807, 2.05) is 17.2 Å². The molecule has 0 radical (unpaired) electrons. The lowest BCUT2D eigenvalue weighted by Gasteiger charge is -2.36. The largest absolute Gasteiger partial charge is 0.372 e. The molecule has 1 aromatic heterocycles. The highest BCUT2D eigenvalue weighted by Crippen LogP contribution is 2.37. The van der Waals surface area contributed by atoms with Crippen LogP contribution in [0.25, 0.3) is 0 Å². The van der Waals surface area contributed by atoms with Crippen LogP contribution in [0, 0.1) is 5.92 Å². The highest BCUT2D eigenvalue weighted by Gasteiger charge is 2.34. The van der Waals surface area contributed by atoms with E-state index >= 15 is 0 Å². The molecule has 188 valence electrons. The average Bonchev–Trinajstić information content (AvgIpc) is 3.43. The Hall–Kier alpha value is -1.93. The molecule has 3 unspecified atom stereocenters. The molecule has 1 amide bonds. The van der Waals surface area contributed by atoms with Crippen LogP contribution in [0.4, 0.5) is 0 Å². The number of rotatable bonds is 8.